The standard InChI is InChI=1S/C16H16FN3O5/c1-18-13(21)6-7-19(16(18)25)9-14(22)20(10-15(23)24)8-11-2-4-12(17)5-3-11/h2-7H,8-10H2,1H3,(H,23,24). The van der Waals surface area contributed by atoms with Gasteiger partial charge in [-0.1, -0.05) is 12.1 Å². The third-order valence-corrected chi connectivity index (χ3v) is 3.53. The normalized spacial score (nSPS) is 10.5. The van der Waals surface area contributed by atoms with Crippen LogP contribution in [0.1, 0.15) is 5.56 Å². The fourth-order valence-electron chi connectivity index (χ4n) is 2.19. The van der Waals surface area contributed by atoms with Crippen LogP contribution in [0, 0.1) is 5.82 Å². The van der Waals surface area contributed by atoms with Crippen molar-refractivity contribution in [2.75, 3.05) is 6.54 Å². The van der Waals surface area contributed by atoms with Crippen LogP contribution in [0.5, 0.6) is 0 Å². The van der Waals surface area contributed by atoms with Crippen LogP contribution in [0.15, 0.2) is 46.1 Å². The number of carbonyl (C=O) groups is 2. The minimum atomic E-state index is -1.22. The molecule has 8 nitrogen and oxygen atoms in total. The number of carboxylic acids is 1. The quantitative estimate of drug-likeness (QED) is 0.778. The molecule has 0 spiro atoms. The maximum Gasteiger partial charge on any atom is 0.331 e. The number of carbonyl (C=O) groups excluding carboxylic acids is 1. The molecule has 9 heteroatoms. The number of hydrogen-bond acceptors (Lipinski definition) is 4. The van der Waals surface area contributed by atoms with Crippen molar-refractivity contribution >= 4 is 11.9 Å². The first-order valence-electron chi connectivity index (χ1n) is 7.28. The molecular weight excluding hydrogens is 333 g/mol. The molecule has 1 N–H and O–H groups in total. The summed E-state index contributed by atoms with van der Waals surface area (Å²) in [7, 11) is 1.28. The van der Waals surface area contributed by atoms with Gasteiger partial charge >= 0.3 is 11.7 Å². The zero-order chi connectivity index (χ0) is 18.6. The Morgan fingerprint density at radius 1 is 1.16 bits per heavy atom. The molecule has 0 saturated carbocycles. The van der Waals surface area contributed by atoms with E-state index >= 15 is 0 Å². The highest BCUT2D eigenvalue weighted by Crippen LogP contribution is 2.07. The van der Waals surface area contributed by atoms with Crippen LogP contribution in [0.3, 0.4) is 0 Å². The van der Waals surface area contributed by atoms with Crippen molar-refractivity contribution < 1.29 is 19.1 Å². The van der Waals surface area contributed by atoms with Gasteiger partial charge in [-0.3, -0.25) is 23.5 Å². The summed E-state index contributed by atoms with van der Waals surface area (Å²) in [5.41, 5.74) is -0.649. The van der Waals surface area contributed by atoms with Gasteiger partial charge in [0, 0.05) is 25.9 Å². The number of halogens is 1. The van der Waals surface area contributed by atoms with Crippen molar-refractivity contribution in [1.82, 2.24) is 14.0 Å². The van der Waals surface area contributed by atoms with Gasteiger partial charge in [0.2, 0.25) is 5.91 Å². The molecule has 2 rings (SSSR count). The Balaban J connectivity index is 2.22. The number of aliphatic carboxylic acids is 1. The van der Waals surface area contributed by atoms with E-state index in [4.69, 9.17) is 5.11 Å². The van der Waals surface area contributed by atoms with E-state index in [1.54, 1.807) is 0 Å². The molecule has 0 saturated heterocycles. The van der Waals surface area contributed by atoms with Crippen molar-refractivity contribution in [2.24, 2.45) is 7.05 Å². The van der Waals surface area contributed by atoms with Crippen LogP contribution in [-0.4, -0.2) is 37.6 Å². The van der Waals surface area contributed by atoms with Gasteiger partial charge in [-0.2, -0.15) is 0 Å². The van der Waals surface area contributed by atoms with E-state index in [1.807, 2.05) is 0 Å². The Labute approximate surface area is 141 Å². The van der Waals surface area contributed by atoms with Gasteiger partial charge in [-0.05, 0) is 17.7 Å². The fraction of sp³-hybridized carbons (Fsp3) is 0.250. The first-order valence-corrected chi connectivity index (χ1v) is 7.28. The molecule has 0 aliphatic rings. The minimum absolute atomic E-state index is 0.0497. The molecule has 0 fully saturated rings. The summed E-state index contributed by atoms with van der Waals surface area (Å²) in [4.78, 5) is 47.8. The lowest BCUT2D eigenvalue weighted by Gasteiger charge is -2.21. The topological polar surface area (TPSA) is 102 Å². The van der Waals surface area contributed by atoms with E-state index in [9.17, 15) is 23.6 Å². The molecule has 132 valence electrons. The van der Waals surface area contributed by atoms with Gasteiger partial charge in [0.05, 0.1) is 0 Å². The molecule has 0 unspecified atom stereocenters. The summed E-state index contributed by atoms with van der Waals surface area (Å²) < 4.78 is 14.8. The summed E-state index contributed by atoms with van der Waals surface area (Å²) in [5, 5.41) is 8.99. The molecule has 0 atom stereocenters. The number of carboxylic acid groups (broad SMARTS) is 1. The van der Waals surface area contributed by atoms with Crippen molar-refractivity contribution in [3.63, 3.8) is 0 Å². The van der Waals surface area contributed by atoms with E-state index in [-0.39, 0.29) is 6.54 Å². The number of rotatable bonds is 6. The molecular formula is C16H16FN3O5. The molecule has 0 radical (unpaired) electrons. The van der Waals surface area contributed by atoms with E-state index in [0.717, 1.165) is 20.1 Å². The number of benzene rings is 1. The van der Waals surface area contributed by atoms with Gasteiger partial charge in [0.15, 0.2) is 0 Å². The summed E-state index contributed by atoms with van der Waals surface area (Å²) in [6.45, 7) is -1.04. The molecule has 0 aliphatic heterocycles. The monoisotopic (exact) mass is 349 g/mol. The second kappa shape index (κ2) is 7.56. The smallest absolute Gasteiger partial charge is 0.331 e. The first-order chi connectivity index (χ1) is 11.8. The summed E-state index contributed by atoms with van der Waals surface area (Å²) >= 11 is 0. The Bertz CT molecular complexity index is 901. The molecule has 1 heterocycles. The van der Waals surface area contributed by atoms with Gasteiger partial charge < -0.3 is 10.0 Å². The molecule has 0 aliphatic carbocycles. The second-order valence-corrected chi connectivity index (χ2v) is 5.39. The van der Waals surface area contributed by atoms with Crippen molar-refractivity contribution in [1.29, 1.82) is 0 Å². The highest BCUT2D eigenvalue weighted by Gasteiger charge is 2.18. The van der Waals surface area contributed by atoms with E-state index in [0.29, 0.717) is 5.56 Å². The van der Waals surface area contributed by atoms with Gasteiger partial charge in [0.1, 0.15) is 18.9 Å². The fourth-order valence-corrected chi connectivity index (χ4v) is 2.19. The predicted octanol–water partition coefficient (Wildman–Crippen LogP) is -0.201. The van der Waals surface area contributed by atoms with Crippen LogP contribution < -0.4 is 11.2 Å². The van der Waals surface area contributed by atoms with E-state index in [2.05, 4.69) is 0 Å². The van der Waals surface area contributed by atoms with Crippen LogP contribution in [0.4, 0.5) is 4.39 Å². The van der Waals surface area contributed by atoms with Gasteiger partial charge in [0.25, 0.3) is 5.56 Å². The Kier molecular flexibility index (Phi) is 5.48. The Hall–Kier alpha value is -3.23. The Morgan fingerprint density at radius 3 is 2.40 bits per heavy atom. The summed E-state index contributed by atoms with van der Waals surface area (Å²) in [5.74, 6) is -2.28. The third-order valence-electron chi connectivity index (χ3n) is 3.53. The molecule has 2 aromatic rings. The van der Waals surface area contributed by atoms with Crippen LogP contribution in [0.25, 0.3) is 0 Å². The zero-order valence-corrected chi connectivity index (χ0v) is 13.4. The summed E-state index contributed by atoms with van der Waals surface area (Å²) in [6, 6.07) is 6.42. The average molecular weight is 349 g/mol. The number of nitrogens with zero attached hydrogens (tertiary/aromatic N) is 3. The predicted molar refractivity (Wildman–Crippen MR) is 85.4 cm³/mol. The molecule has 1 amide bonds. The largest absolute Gasteiger partial charge is 0.480 e. The van der Waals surface area contributed by atoms with Crippen molar-refractivity contribution in [3.8, 4) is 0 Å². The summed E-state index contributed by atoms with van der Waals surface area (Å²) in [6.07, 6.45) is 1.18. The lowest BCUT2D eigenvalue weighted by Crippen LogP contribution is -2.42. The maximum atomic E-state index is 13.0. The maximum absolute atomic E-state index is 13.0. The lowest BCUT2D eigenvalue weighted by molar-refractivity contribution is -0.145. The number of hydrogen-bond donors (Lipinski definition) is 1. The SMILES string of the molecule is Cn1c(=O)ccn(CC(=O)N(CC(=O)O)Cc2ccc(F)cc2)c1=O. The van der Waals surface area contributed by atoms with E-state index < -0.39 is 42.0 Å². The van der Waals surface area contributed by atoms with Crippen molar-refractivity contribution in [3.05, 3.63) is 68.7 Å². The van der Waals surface area contributed by atoms with Crippen LogP contribution in [0.2, 0.25) is 0 Å². The number of amides is 1. The molecule has 1 aromatic heterocycles. The molecule has 25 heavy (non-hydrogen) atoms. The number of aromatic nitrogens is 2. The van der Waals surface area contributed by atoms with E-state index in [1.165, 1.54) is 37.5 Å². The third kappa shape index (κ3) is 4.63. The van der Waals surface area contributed by atoms with Gasteiger partial charge in [-0.25, -0.2) is 9.18 Å². The van der Waals surface area contributed by atoms with Crippen LogP contribution in [-0.2, 0) is 29.7 Å². The minimum Gasteiger partial charge on any atom is -0.480 e. The molecule has 1 aromatic carbocycles. The first kappa shape index (κ1) is 18.1. The zero-order valence-electron chi connectivity index (χ0n) is 13.4. The highest BCUT2D eigenvalue weighted by molar-refractivity contribution is 5.81. The van der Waals surface area contributed by atoms with Crippen molar-refractivity contribution in [2.45, 2.75) is 13.1 Å². The highest BCUT2D eigenvalue weighted by atomic mass is 19.1. The average Bonchev–Trinajstić information content (AvgIpc) is 2.56. The van der Waals surface area contributed by atoms with Crippen LogP contribution >= 0.6 is 0 Å². The molecule has 0 bridgehead atoms. The Morgan fingerprint density at radius 2 is 1.80 bits per heavy atom. The lowest BCUT2D eigenvalue weighted by atomic mass is 10.2. The van der Waals surface area contributed by atoms with Gasteiger partial charge in [-0.15, -0.1) is 0 Å². The second-order valence-electron chi connectivity index (χ2n) is 5.39.